The molecule has 18 heavy (non-hydrogen) atoms. The molecule has 0 amide bonds. The quantitative estimate of drug-likeness (QED) is 0.683. The molecule has 0 saturated carbocycles. The minimum absolute atomic E-state index is 0.162. The number of nitrogens with one attached hydrogen (secondary N) is 1. The van der Waals surface area contributed by atoms with Gasteiger partial charge in [0.05, 0.1) is 17.3 Å². The van der Waals surface area contributed by atoms with E-state index in [9.17, 15) is 9.59 Å². The highest BCUT2D eigenvalue weighted by Gasteiger charge is 2.13. The number of benzene rings is 1. The molecule has 0 unspecified atom stereocenters. The standard InChI is InChI=1S/C13H9NO3S/c1-17-13(16)8-6-9(15)12-11(14-8)7-4-2-3-5-10(7)18-12/h2-6H,1H3,(H,14,15). The molecule has 2 aromatic heterocycles. The SMILES string of the molecule is COC(=O)c1cc(=O)c2sc3ccccc3c2[nH]1. The molecule has 0 spiro atoms. The molecule has 5 heteroatoms. The zero-order valence-electron chi connectivity index (χ0n) is 9.52. The molecule has 0 aliphatic carbocycles. The van der Waals surface area contributed by atoms with Gasteiger partial charge in [-0.15, -0.1) is 11.3 Å². The van der Waals surface area contributed by atoms with Crippen molar-refractivity contribution in [3.63, 3.8) is 0 Å². The number of esters is 1. The number of pyridine rings is 1. The van der Waals surface area contributed by atoms with Crippen LogP contribution in [0.2, 0.25) is 0 Å². The molecule has 2 heterocycles. The van der Waals surface area contributed by atoms with Gasteiger partial charge in [0.2, 0.25) is 0 Å². The molecule has 4 nitrogen and oxygen atoms in total. The summed E-state index contributed by atoms with van der Waals surface area (Å²) < 4.78 is 6.27. The molecule has 1 N–H and O–H groups in total. The van der Waals surface area contributed by atoms with Crippen LogP contribution in [0.25, 0.3) is 20.3 Å². The van der Waals surface area contributed by atoms with Crippen molar-refractivity contribution >= 4 is 37.6 Å². The maximum absolute atomic E-state index is 12.0. The topological polar surface area (TPSA) is 59.2 Å². The summed E-state index contributed by atoms with van der Waals surface area (Å²) >= 11 is 1.42. The average molecular weight is 259 g/mol. The lowest BCUT2D eigenvalue weighted by Gasteiger charge is -1.99. The van der Waals surface area contributed by atoms with E-state index in [4.69, 9.17) is 0 Å². The van der Waals surface area contributed by atoms with Crippen LogP contribution in [0.5, 0.6) is 0 Å². The predicted octanol–water partition coefficient (Wildman–Crippen LogP) is 2.53. The summed E-state index contributed by atoms with van der Waals surface area (Å²) in [7, 11) is 1.29. The summed E-state index contributed by atoms with van der Waals surface area (Å²) in [5, 5.41) is 0.945. The number of H-pyrrole nitrogens is 1. The molecule has 3 aromatic rings. The minimum Gasteiger partial charge on any atom is -0.464 e. The van der Waals surface area contributed by atoms with Crippen LogP contribution in [0.1, 0.15) is 10.5 Å². The Kier molecular flexibility index (Phi) is 2.41. The van der Waals surface area contributed by atoms with Crippen molar-refractivity contribution in [2.24, 2.45) is 0 Å². The first-order valence-corrected chi connectivity index (χ1v) is 6.15. The van der Waals surface area contributed by atoms with E-state index < -0.39 is 5.97 Å². The summed E-state index contributed by atoms with van der Waals surface area (Å²) in [4.78, 5) is 26.4. The van der Waals surface area contributed by atoms with E-state index in [1.807, 2.05) is 24.3 Å². The first kappa shape index (κ1) is 11.0. The number of carbonyl (C=O) groups is 1. The summed E-state index contributed by atoms with van der Waals surface area (Å²) in [5.74, 6) is -0.538. The third-order valence-electron chi connectivity index (χ3n) is 2.76. The van der Waals surface area contributed by atoms with Crippen LogP contribution in [-0.2, 0) is 4.74 Å². The van der Waals surface area contributed by atoms with Gasteiger partial charge in [-0.3, -0.25) is 4.79 Å². The summed E-state index contributed by atoms with van der Waals surface area (Å²) in [6.07, 6.45) is 0. The van der Waals surface area contributed by atoms with Crippen molar-refractivity contribution in [1.82, 2.24) is 4.98 Å². The van der Waals surface area contributed by atoms with Gasteiger partial charge in [0.15, 0.2) is 5.43 Å². The Labute approximate surface area is 106 Å². The Morgan fingerprint density at radius 3 is 2.89 bits per heavy atom. The van der Waals surface area contributed by atoms with Crippen molar-refractivity contribution in [3.8, 4) is 0 Å². The van der Waals surface area contributed by atoms with E-state index in [0.29, 0.717) is 10.2 Å². The fraction of sp³-hybridized carbons (Fsp3) is 0.0769. The number of rotatable bonds is 1. The van der Waals surface area contributed by atoms with E-state index >= 15 is 0 Å². The van der Waals surface area contributed by atoms with Gasteiger partial charge >= 0.3 is 5.97 Å². The second kappa shape index (κ2) is 3.96. The monoisotopic (exact) mass is 259 g/mol. The van der Waals surface area contributed by atoms with Gasteiger partial charge < -0.3 is 9.72 Å². The Hall–Kier alpha value is -2.14. The number of carbonyl (C=O) groups excluding carboxylic acids is 1. The van der Waals surface area contributed by atoms with Crippen LogP contribution < -0.4 is 5.43 Å². The number of ether oxygens (including phenoxy) is 1. The van der Waals surface area contributed by atoms with Crippen molar-refractivity contribution in [2.75, 3.05) is 7.11 Å². The fourth-order valence-electron chi connectivity index (χ4n) is 1.93. The van der Waals surface area contributed by atoms with E-state index in [-0.39, 0.29) is 11.1 Å². The Balaban J connectivity index is 2.44. The van der Waals surface area contributed by atoms with Gasteiger partial charge in [0, 0.05) is 16.2 Å². The van der Waals surface area contributed by atoms with Crippen molar-refractivity contribution < 1.29 is 9.53 Å². The third-order valence-corrected chi connectivity index (χ3v) is 3.95. The van der Waals surface area contributed by atoms with Gasteiger partial charge in [-0.1, -0.05) is 18.2 Å². The normalized spacial score (nSPS) is 10.9. The average Bonchev–Trinajstić information content (AvgIpc) is 2.77. The third kappa shape index (κ3) is 1.52. The lowest BCUT2D eigenvalue weighted by atomic mass is 10.2. The van der Waals surface area contributed by atoms with Gasteiger partial charge in [-0.2, -0.15) is 0 Å². The predicted molar refractivity (Wildman–Crippen MR) is 71.3 cm³/mol. The number of thiophene rings is 1. The van der Waals surface area contributed by atoms with Crippen LogP contribution in [-0.4, -0.2) is 18.1 Å². The smallest absolute Gasteiger partial charge is 0.354 e. The Morgan fingerprint density at radius 1 is 1.33 bits per heavy atom. The van der Waals surface area contributed by atoms with Crippen molar-refractivity contribution in [2.45, 2.75) is 0 Å². The number of fused-ring (bicyclic) bond motifs is 3. The highest BCUT2D eigenvalue weighted by Crippen LogP contribution is 2.30. The van der Waals surface area contributed by atoms with Crippen LogP contribution in [0.3, 0.4) is 0 Å². The highest BCUT2D eigenvalue weighted by molar-refractivity contribution is 7.25. The number of methoxy groups -OCH3 is 1. The van der Waals surface area contributed by atoms with Gasteiger partial charge in [0.1, 0.15) is 5.69 Å². The second-order valence-corrected chi connectivity index (χ2v) is 4.89. The Bertz CT molecular complexity index is 816. The van der Waals surface area contributed by atoms with Crippen molar-refractivity contribution in [1.29, 1.82) is 0 Å². The molecule has 0 saturated heterocycles. The summed E-state index contributed by atoms with van der Waals surface area (Å²) in [6.45, 7) is 0. The number of aromatic amines is 1. The number of aromatic nitrogens is 1. The second-order valence-electron chi connectivity index (χ2n) is 3.84. The molecule has 3 rings (SSSR count). The molecule has 0 fully saturated rings. The lowest BCUT2D eigenvalue weighted by molar-refractivity contribution is 0.0594. The maximum atomic E-state index is 12.0. The Morgan fingerprint density at radius 2 is 2.11 bits per heavy atom. The molecule has 1 aromatic carbocycles. The van der Waals surface area contributed by atoms with Gasteiger partial charge in [-0.05, 0) is 6.07 Å². The summed E-state index contributed by atoms with van der Waals surface area (Å²) in [5.41, 5.74) is 0.715. The van der Waals surface area contributed by atoms with Crippen LogP contribution >= 0.6 is 11.3 Å². The van der Waals surface area contributed by atoms with Crippen LogP contribution in [0.4, 0.5) is 0 Å². The van der Waals surface area contributed by atoms with E-state index in [2.05, 4.69) is 9.72 Å². The fourth-order valence-corrected chi connectivity index (χ4v) is 3.00. The zero-order valence-corrected chi connectivity index (χ0v) is 10.3. The molecule has 0 atom stereocenters. The van der Waals surface area contributed by atoms with E-state index in [1.165, 1.54) is 24.5 Å². The van der Waals surface area contributed by atoms with E-state index in [0.717, 1.165) is 10.1 Å². The van der Waals surface area contributed by atoms with Crippen LogP contribution in [0, 0.1) is 0 Å². The molecular formula is C13H9NO3S. The first-order chi connectivity index (χ1) is 8.70. The molecule has 0 radical (unpaired) electrons. The molecule has 0 aliphatic rings. The van der Waals surface area contributed by atoms with Gasteiger partial charge in [-0.25, -0.2) is 4.79 Å². The number of hydrogen-bond acceptors (Lipinski definition) is 4. The largest absolute Gasteiger partial charge is 0.464 e. The van der Waals surface area contributed by atoms with Crippen molar-refractivity contribution in [3.05, 3.63) is 46.2 Å². The highest BCUT2D eigenvalue weighted by atomic mass is 32.1. The first-order valence-electron chi connectivity index (χ1n) is 5.33. The maximum Gasteiger partial charge on any atom is 0.354 e. The minimum atomic E-state index is -0.538. The summed E-state index contributed by atoms with van der Waals surface area (Å²) in [6, 6.07) is 8.97. The lowest BCUT2D eigenvalue weighted by Crippen LogP contribution is -2.10. The number of hydrogen-bond donors (Lipinski definition) is 1. The zero-order chi connectivity index (χ0) is 12.7. The molecule has 0 bridgehead atoms. The molecule has 0 aliphatic heterocycles. The van der Waals surface area contributed by atoms with Gasteiger partial charge in [0.25, 0.3) is 0 Å². The molecule has 90 valence electrons. The van der Waals surface area contributed by atoms with Crippen LogP contribution in [0.15, 0.2) is 35.1 Å². The molecular weight excluding hydrogens is 250 g/mol. The van der Waals surface area contributed by atoms with E-state index in [1.54, 1.807) is 0 Å².